The molecule has 160 valence electrons. The molecule has 0 bridgehead atoms. The van der Waals surface area contributed by atoms with Crippen LogP contribution in [0.2, 0.25) is 0 Å². The Morgan fingerprint density at radius 3 is 1.80 bits per heavy atom. The largest absolute Gasteiger partial charge is 0.497 e. The molecule has 1 aromatic heterocycles. The number of nitrogens with zero attached hydrogens (tertiary/aromatic N) is 2. The number of hydrogen-bond donors (Lipinski definition) is 0. The Balaban J connectivity index is 2.27. The van der Waals surface area contributed by atoms with Gasteiger partial charge in [0.2, 0.25) is 5.75 Å². The summed E-state index contributed by atoms with van der Waals surface area (Å²) in [7, 11) is 8.08. The van der Waals surface area contributed by atoms with Crippen LogP contribution >= 0.6 is 0 Å². The highest BCUT2D eigenvalue weighted by molar-refractivity contribution is 5.82. The maximum absolute atomic E-state index is 5.56. The second-order valence-electron chi connectivity index (χ2n) is 6.65. The van der Waals surface area contributed by atoms with E-state index in [2.05, 4.69) is 11.5 Å². The standard InChI is InChI=1S/C23H28N2O5/c1-7-8-25-14-24-21(15-9-17(26-2)13-18(10-15)27-3)22(25)16-11-19(28-4)23(30-6)20(12-16)29-5/h9-14H,7-8H2,1-6H3. The molecule has 0 radical (unpaired) electrons. The molecular formula is C23H28N2O5. The Morgan fingerprint density at radius 2 is 1.33 bits per heavy atom. The first-order valence-electron chi connectivity index (χ1n) is 9.69. The number of aromatic nitrogens is 2. The summed E-state index contributed by atoms with van der Waals surface area (Å²) in [5.74, 6) is 3.13. The Morgan fingerprint density at radius 1 is 0.733 bits per heavy atom. The molecule has 0 saturated carbocycles. The number of ether oxygens (including phenoxy) is 5. The molecule has 0 unspecified atom stereocenters. The van der Waals surface area contributed by atoms with E-state index in [1.807, 2.05) is 36.7 Å². The van der Waals surface area contributed by atoms with Gasteiger partial charge in [-0.2, -0.15) is 0 Å². The van der Waals surface area contributed by atoms with Gasteiger partial charge in [0.05, 0.1) is 53.3 Å². The highest BCUT2D eigenvalue weighted by atomic mass is 16.5. The maximum Gasteiger partial charge on any atom is 0.203 e. The molecule has 2 aromatic carbocycles. The molecule has 30 heavy (non-hydrogen) atoms. The topological polar surface area (TPSA) is 64.0 Å². The van der Waals surface area contributed by atoms with Crippen molar-refractivity contribution in [1.82, 2.24) is 9.55 Å². The van der Waals surface area contributed by atoms with Crippen LogP contribution < -0.4 is 23.7 Å². The van der Waals surface area contributed by atoms with Crippen LogP contribution in [-0.2, 0) is 6.54 Å². The van der Waals surface area contributed by atoms with Gasteiger partial charge < -0.3 is 28.3 Å². The number of imidazole rings is 1. The molecule has 3 rings (SSSR count). The molecule has 3 aromatic rings. The molecule has 0 aliphatic rings. The van der Waals surface area contributed by atoms with E-state index in [-0.39, 0.29) is 0 Å². The van der Waals surface area contributed by atoms with Gasteiger partial charge in [-0.15, -0.1) is 0 Å². The minimum Gasteiger partial charge on any atom is -0.497 e. The van der Waals surface area contributed by atoms with Gasteiger partial charge in [-0.3, -0.25) is 0 Å². The summed E-state index contributed by atoms with van der Waals surface area (Å²) in [5.41, 5.74) is 3.57. The smallest absolute Gasteiger partial charge is 0.203 e. The van der Waals surface area contributed by atoms with Crippen molar-refractivity contribution in [1.29, 1.82) is 0 Å². The monoisotopic (exact) mass is 412 g/mol. The third-order valence-electron chi connectivity index (χ3n) is 4.87. The Labute approximate surface area is 177 Å². The third-order valence-corrected chi connectivity index (χ3v) is 4.87. The van der Waals surface area contributed by atoms with E-state index >= 15 is 0 Å². The molecule has 1 heterocycles. The van der Waals surface area contributed by atoms with E-state index in [4.69, 9.17) is 28.7 Å². The molecule has 0 spiro atoms. The minimum atomic E-state index is 0.551. The average molecular weight is 412 g/mol. The second-order valence-corrected chi connectivity index (χ2v) is 6.65. The number of aryl methyl sites for hydroxylation is 1. The minimum absolute atomic E-state index is 0.551. The molecule has 0 aliphatic carbocycles. The van der Waals surface area contributed by atoms with Crippen molar-refractivity contribution >= 4 is 0 Å². The van der Waals surface area contributed by atoms with Crippen molar-refractivity contribution < 1.29 is 23.7 Å². The van der Waals surface area contributed by atoms with Crippen molar-refractivity contribution in [2.45, 2.75) is 19.9 Å². The fourth-order valence-corrected chi connectivity index (χ4v) is 3.47. The molecule has 0 atom stereocenters. The average Bonchev–Trinajstić information content (AvgIpc) is 3.21. The zero-order valence-electron chi connectivity index (χ0n) is 18.3. The quantitative estimate of drug-likeness (QED) is 0.509. The van der Waals surface area contributed by atoms with E-state index < -0.39 is 0 Å². The van der Waals surface area contributed by atoms with Gasteiger partial charge in [0, 0.05) is 23.7 Å². The third kappa shape index (κ3) is 4.01. The van der Waals surface area contributed by atoms with Crippen LogP contribution in [0, 0.1) is 0 Å². The summed E-state index contributed by atoms with van der Waals surface area (Å²) in [6, 6.07) is 9.60. The van der Waals surface area contributed by atoms with Gasteiger partial charge in [-0.25, -0.2) is 4.98 Å². The van der Waals surface area contributed by atoms with E-state index in [0.717, 1.165) is 35.5 Å². The van der Waals surface area contributed by atoms with Gasteiger partial charge in [-0.05, 0) is 30.7 Å². The summed E-state index contributed by atoms with van der Waals surface area (Å²) in [4.78, 5) is 4.72. The Bertz CT molecular complexity index is 966. The summed E-state index contributed by atoms with van der Waals surface area (Å²) in [6.45, 7) is 2.95. The highest BCUT2D eigenvalue weighted by Gasteiger charge is 2.21. The molecule has 0 saturated heterocycles. The molecule has 0 fully saturated rings. The van der Waals surface area contributed by atoms with Gasteiger partial charge in [-0.1, -0.05) is 6.92 Å². The van der Waals surface area contributed by atoms with Crippen molar-refractivity contribution in [3.05, 3.63) is 36.7 Å². The first-order valence-corrected chi connectivity index (χ1v) is 9.69. The first kappa shape index (κ1) is 21.4. The van der Waals surface area contributed by atoms with Crippen molar-refractivity contribution in [2.24, 2.45) is 0 Å². The lowest BCUT2D eigenvalue weighted by Crippen LogP contribution is -2.01. The SMILES string of the molecule is CCCn1cnc(-c2cc(OC)cc(OC)c2)c1-c1cc(OC)c(OC)c(OC)c1. The number of benzene rings is 2. The molecule has 7 nitrogen and oxygen atoms in total. The summed E-state index contributed by atoms with van der Waals surface area (Å²) < 4.78 is 29.6. The van der Waals surface area contributed by atoms with Crippen LogP contribution in [0.3, 0.4) is 0 Å². The van der Waals surface area contributed by atoms with Crippen LogP contribution in [0.1, 0.15) is 13.3 Å². The lowest BCUT2D eigenvalue weighted by Gasteiger charge is -2.16. The van der Waals surface area contributed by atoms with Crippen LogP contribution in [0.5, 0.6) is 28.7 Å². The maximum atomic E-state index is 5.56. The zero-order valence-corrected chi connectivity index (χ0v) is 18.3. The van der Waals surface area contributed by atoms with Crippen LogP contribution in [0.25, 0.3) is 22.5 Å². The fourth-order valence-electron chi connectivity index (χ4n) is 3.47. The molecular weight excluding hydrogens is 384 g/mol. The van der Waals surface area contributed by atoms with Gasteiger partial charge in [0.25, 0.3) is 0 Å². The van der Waals surface area contributed by atoms with E-state index in [1.165, 1.54) is 0 Å². The first-order chi connectivity index (χ1) is 14.6. The number of hydrogen-bond acceptors (Lipinski definition) is 6. The van der Waals surface area contributed by atoms with E-state index in [1.54, 1.807) is 35.5 Å². The fraction of sp³-hybridized carbons (Fsp3) is 0.348. The van der Waals surface area contributed by atoms with E-state index in [0.29, 0.717) is 28.7 Å². The lowest BCUT2D eigenvalue weighted by molar-refractivity contribution is 0.324. The molecule has 7 heteroatoms. The normalized spacial score (nSPS) is 10.6. The zero-order chi connectivity index (χ0) is 21.7. The van der Waals surface area contributed by atoms with Gasteiger partial charge in [0.15, 0.2) is 11.5 Å². The Kier molecular flexibility index (Phi) is 6.72. The van der Waals surface area contributed by atoms with Crippen LogP contribution in [-0.4, -0.2) is 45.1 Å². The predicted molar refractivity (Wildman–Crippen MR) is 116 cm³/mol. The summed E-state index contributed by atoms with van der Waals surface area (Å²) in [5, 5.41) is 0. The highest BCUT2D eigenvalue weighted by Crippen LogP contribution is 2.43. The van der Waals surface area contributed by atoms with Crippen molar-refractivity contribution in [2.75, 3.05) is 35.5 Å². The number of methoxy groups -OCH3 is 5. The predicted octanol–water partition coefficient (Wildman–Crippen LogP) is 4.67. The van der Waals surface area contributed by atoms with Crippen LogP contribution in [0.15, 0.2) is 36.7 Å². The summed E-state index contributed by atoms with van der Waals surface area (Å²) >= 11 is 0. The molecule has 0 amide bonds. The lowest BCUT2D eigenvalue weighted by atomic mass is 10.0. The van der Waals surface area contributed by atoms with E-state index in [9.17, 15) is 0 Å². The van der Waals surface area contributed by atoms with Crippen molar-refractivity contribution in [3.63, 3.8) is 0 Å². The second kappa shape index (κ2) is 9.43. The Hall–Kier alpha value is -3.35. The summed E-state index contributed by atoms with van der Waals surface area (Å²) in [6.07, 6.45) is 2.82. The van der Waals surface area contributed by atoms with Crippen molar-refractivity contribution in [3.8, 4) is 51.3 Å². The molecule has 0 N–H and O–H groups in total. The number of rotatable bonds is 9. The molecule has 0 aliphatic heterocycles. The van der Waals surface area contributed by atoms with Gasteiger partial charge in [0.1, 0.15) is 11.5 Å². The van der Waals surface area contributed by atoms with Gasteiger partial charge >= 0.3 is 0 Å². The van der Waals surface area contributed by atoms with Crippen LogP contribution in [0.4, 0.5) is 0 Å².